The van der Waals surface area contributed by atoms with E-state index in [9.17, 15) is 0 Å². The van der Waals surface area contributed by atoms with E-state index in [1.165, 1.54) is 32.4 Å². The number of piperidine rings is 1. The van der Waals surface area contributed by atoms with Gasteiger partial charge in [0.2, 0.25) is 0 Å². The van der Waals surface area contributed by atoms with Gasteiger partial charge in [-0.05, 0) is 43.5 Å². The number of nitrogens with one attached hydrogen (secondary N) is 1. The van der Waals surface area contributed by atoms with E-state index >= 15 is 0 Å². The molecule has 1 aromatic rings. The van der Waals surface area contributed by atoms with Crippen LogP contribution in [0.15, 0.2) is 35.9 Å². The van der Waals surface area contributed by atoms with Crippen LogP contribution in [0, 0.1) is 0 Å². The topological polar surface area (TPSA) is 12.0 Å². The summed E-state index contributed by atoms with van der Waals surface area (Å²) in [7, 11) is 0. The lowest BCUT2D eigenvalue weighted by Gasteiger charge is -2.29. The number of hydrogen-bond donors (Lipinski definition) is 1. The second-order valence-corrected chi connectivity index (χ2v) is 4.58. The highest BCUT2D eigenvalue weighted by Gasteiger charge is 2.23. The predicted octanol–water partition coefficient (Wildman–Crippen LogP) is 2.64. The second-order valence-electron chi connectivity index (χ2n) is 4.58. The van der Waals surface area contributed by atoms with Crippen LogP contribution in [0.3, 0.4) is 0 Å². The van der Waals surface area contributed by atoms with E-state index in [2.05, 4.69) is 35.7 Å². The molecule has 1 heterocycles. The summed E-state index contributed by atoms with van der Waals surface area (Å²) in [6.45, 7) is 2.33. The Balaban J connectivity index is 1.76. The highest BCUT2D eigenvalue weighted by atomic mass is 14.9. The molecule has 1 aliphatic heterocycles. The van der Waals surface area contributed by atoms with Gasteiger partial charge in [-0.3, -0.25) is 0 Å². The van der Waals surface area contributed by atoms with E-state index < -0.39 is 0 Å². The fraction of sp³-hybridized carbons (Fsp3) is 0.429. The molecule has 1 unspecified atom stereocenters. The van der Waals surface area contributed by atoms with E-state index in [0.29, 0.717) is 5.92 Å². The number of hydrogen-bond acceptors (Lipinski definition) is 1. The highest BCUT2D eigenvalue weighted by Crippen LogP contribution is 2.37. The Morgan fingerprint density at radius 2 is 1.93 bits per heavy atom. The van der Waals surface area contributed by atoms with Gasteiger partial charge in [-0.25, -0.2) is 0 Å². The summed E-state index contributed by atoms with van der Waals surface area (Å²) in [5, 5.41) is 3.40. The molecule has 1 fully saturated rings. The quantitative estimate of drug-likeness (QED) is 0.686. The Hall–Kier alpha value is -1.08. The van der Waals surface area contributed by atoms with Crippen molar-refractivity contribution in [3.05, 3.63) is 47.0 Å². The zero-order valence-corrected chi connectivity index (χ0v) is 9.00. The molecule has 1 atom stereocenters. The normalized spacial score (nSPS) is 24.3. The molecule has 1 aliphatic carbocycles. The predicted molar refractivity (Wildman–Crippen MR) is 63.1 cm³/mol. The Labute approximate surface area is 91.2 Å². The van der Waals surface area contributed by atoms with E-state index in [1.807, 2.05) is 0 Å². The van der Waals surface area contributed by atoms with Gasteiger partial charge in [0.15, 0.2) is 0 Å². The minimum Gasteiger partial charge on any atom is -0.316 e. The van der Waals surface area contributed by atoms with Gasteiger partial charge in [0, 0.05) is 5.92 Å². The van der Waals surface area contributed by atoms with Gasteiger partial charge in [0.25, 0.3) is 0 Å². The SMILES string of the molecule is C(=C1CCNCC1)C1Cc2ccccc21. The molecule has 1 N–H and O–H groups in total. The molecule has 0 spiro atoms. The van der Waals surface area contributed by atoms with Gasteiger partial charge >= 0.3 is 0 Å². The standard InChI is InChI=1S/C14H17N/c1-2-4-14-12(3-1)10-13(14)9-11-5-7-15-8-6-11/h1-4,9,13,15H,5-8,10H2. The lowest BCUT2D eigenvalue weighted by Crippen LogP contribution is -2.24. The zero-order valence-electron chi connectivity index (χ0n) is 9.00. The number of fused-ring (bicyclic) bond motifs is 1. The Morgan fingerprint density at radius 1 is 1.13 bits per heavy atom. The molecule has 0 amide bonds. The first-order valence-electron chi connectivity index (χ1n) is 5.91. The van der Waals surface area contributed by atoms with Gasteiger partial charge in [-0.1, -0.05) is 35.9 Å². The number of benzene rings is 1. The molecule has 1 aromatic carbocycles. The maximum atomic E-state index is 3.40. The Kier molecular flexibility index (Phi) is 2.34. The third-order valence-corrected chi connectivity index (χ3v) is 3.58. The summed E-state index contributed by atoms with van der Waals surface area (Å²) >= 11 is 0. The third-order valence-electron chi connectivity index (χ3n) is 3.58. The molecule has 0 bridgehead atoms. The van der Waals surface area contributed by atoms with Crippen LogP contribution in [0.2, 0.25) is 0 Å². The van der Waals surface area contributed by atoms with Crippen LogP contribution in [0.25, 0.3) is 0 Å². The first kappa shape index (κ1) is 9.17. The van der Waals surface area contributed by atoms with Gasteiger partial charge < -0.3 is 5.32 Å². The van der Waals surface area contributed by atoms with Gasteiger partial charge in [-0.15, -0.1) is 0 Å². The van der Waals surface area contributed by atoms with E-state index in [0.717, 1.165) is 0 Å². The highest BCUT2D eigenvalue weighted by molar-refractivity contribution is 5.43. The molecule has 1 saturated heterocycles. The summed E-state index contributed by atoms with van der Waals surface area (Å²) in [6, 6.07) is 8.84. The fourth-order valence-electron chi connectivity index (χ4n) is 2.65. The fourth-order valence-corrected chi connectivity index (χ4v) is 2.65. The number of allylic oxidation sites excluding steroid dienone is 1. The van der Waals surface area contributed by atoms with Crippen molar-refractivity contribution < 1.29 is 0 Å². The first-order valence-corrected chi connectivity index (χ1v) is 5.91. The molecule has 0 radical (unpaired) electrons. The third kappa shape index (κ3) is 1.72. The molecule has 0 aromatic heterocycles. The summed E-state index contributed by atoms with van der Waals surface area (Å²) in [4.78, 5) is 0. The Morgan fingerprint density at radius 3 is 2.73 bits per heavy atom. The average molecular weight is 199 g/mol. The average Bonchev–Trinajstić information content (AvgIpc) is 2.27. The van der Waals surface area contributed by atoms with Gasteiger partial charge in [0.1, 0.15) is 0 Å². The van der Waals surface area contributed by atoms with E-state index in [-0.39, 0.29) is 0 Å². The van der Waals surface area contributed by atoms with Crippen molar-refractivity contribution in [2.24, 2.45) is 0 Å². The largest absolute Gasteiger partial charge is 0.316 e. The maximum Gasteiger partial charge on any atom is 0.00639 e. The second kappa shape index (κ2) is 3.82. The lowest BCUT2D eigenvalue weighted by molar-refractivity contribution is 0.599. The van der Waals surface area contributed by atoms with Crippen LogP contribution in [0.5, 0.6) is 0 Å². The molecule has 15 heavy (non-hydrogen) atoms. The summed E-state index contributed by atoms with van der Waals surface area (Å²) in [5.74, 6) is 0.717. The van der Waals surface area contributed by atoms with Crippen LogP contribution in [-0.4, -0.2) is 13.1 Å². The molecule has 0 saturated carbocycles. The van der Waals surface area contributed by atoms with E-state index in [4.69, 9.17) is 0 Å². The number of rotatable bonds is 1. The smallest absolute Gasteiger partial charge is 0.00639 e. The molecule has 3 rings (SSSR count). The van der Waals surface area contributed by atoms with Crippen molar-refractivity contribution in [3.63, 3.8) is 0 Å². The maximum absolute atomic E-state index is 3.40. The monoisotopic (exact) mass is 199 g/mol. The van der Waals surface area contributed by atoms with Crippen LogP contribution < -0.4 is 5.32 Å². The van der Waals surface area contributed by atoms with Crippen LogP contribution >= 0.6 is 0 Å². The van der Waals surface area contributed by atoms with Crippen molar-refractivity contribution in [1.82, 2.24) is 5.32 Å². The van der Waals surface area contributed by atoms with Crippen LogP contribution in [0.1, 0.15) is 29.9 Å². The molecular formula is C14H17N. The van der Waals surface area contributed by atoms with Crippen molar-refractivity contribution in [1.29, 1.82) is 0 Å². The molecule has 1 nitrogen and oxygen atoms in total. The minimum atomic E-state index is 0.717. The zero-order chi connectivity index (χ0) is 10.1. The molecule has 78 valence electrons. The van der Waals surface area contributed by atoms with Crippen LogP contribution in [-0.2, 0) is 6.42 Å². The van der Waals surface area contributed by atoms with Crippen molar-refractivity contribution in [2.45, 2.75) is 25.2 Å². The first-order chi connectivity index (χ1) is 7.43. The van der Waals surface area contributed by atoms with Gasteiger partial charge in [-0.2, -0.15) is 0 Å². The molecular weight excluding hydrogens is 182 g/mol. The summed E-state index contributed by atoms with van der Waals surface area (Å²) < 4.78 is 0. The van der Waals surface area contributed by atoms with Crippen LogP contribution in [0.4, 0.5) is 0 Å². The van der Waals surface area contributed by atoms with Crippen molar-refractivity contribution >= 4 is 0 Å². The van der Waals surface area contributed by atoms with Gasteiger partial charge in [0.05, 0.1) is 0 Å². The Bertz CT molecular complexity index is 384. The summed E-state index contributed by atoms with van der Waals surface area (Å²) in [6.07, 6.45) is 6.27. The van der Waals surface area contributed by atoms with Crippen molar-refractivity contribution in [3.8, 4) is 0 Å². The van der Waals surface area contributed by atoms with Crippen molar-refractivity contribution in [2.75, 3.05) is 13.1 Å². The lowest BCUT2D eigenvalue weighted by atomic mass is 9.76. The minimum absolute atomic E-state index is 0.717. The molecule has 1 heteroatoms. The molecule has 2 aliphatic rings. The summed E-state index contributed by atoms with van der Waals surface area (Å²) in [5.41, 5.74) is 4.77. The van der Waals surface area contributed by atoms with E-state index in [1.54, 1.807) is 16.7 Å².